The summed E-state index contributed by atoms with van der Waals surface area (Å²) in [5.41, 5.74) is -0.250. The molecule has 2 aromatic heterocycles. The second-order valence-electron chi connectivity index (χ2n) is 11.1. The zero-order chi connectivity index (χ0) is 30.1. The number of piperazine rings is 1. The number of thiophene rings is 1. The van der Waals surface area contributed by atoms with E-state index in [2.05, 4.69) is 10.4 Å². The summed E-state index contributed by atoms with van der Waals surface area (Å²) < 4.78 is 38.0. The SMILES string of the molecule is CC(C)(C)OC(=O)Nc1sc2c(F)ccc(-c3c(F)cc4c5c3cnn5CC3CN(C(=O)O)CCN3C4=O)c2c1C#N. The van der Waals surface area contributed by atoms with Crippen LogP contribution in [0.3, 0.4) is 0 Å². The number of ether oxygens (including phenoxy) is 1. The van der Waals surface area contributed by atoms with Crippen molar-refractivity contribution in [1.82, 2.24) is 19.6 Å². The van der Waals surface area contributed by atoms with Crippen molar-refractivity contribution in [3.63, 3.8) is 0 Å². The van der Waals surface area contributed by atoms with Gasteiger partial charge in [0.2, 0.25) is 0 Å². The van der Waals surface area contributed by atoms with Crippen molar-refractivity contribution in [2.45, 2.75) is 39.0 Å². The van der Waals surface area contributed by atoms with Crippen LogP contribution in [0.4, 0.5) is 23.4 Å². The minimum atomic E-state index is -1.09. The number of nitrogens with zero attached hydrogens (tertiary/aromatic N) is 5. The van der Waals surface area contributed by atoms with Crippen molar-refractivity contribution < 1.29 is 33.0 Å². The van der Waals surface area contributed by atoms with Crippen molar-refractivity contribution in [2.75, 3.05) is 25.0 Å². The zero-order valence-corrected chi connectivity index (χ0v) is 23.5. The van der Waals surface area contributed by atoms with E-state index in [0.717, 1.165) is 23.5 Å². The number of carbonyl (C=O) groups is 3. The lowest BCUT2D eigenvalue weighted by molar-refractivity contribution is 0.0427. The molecular weight excluding hydrogens is 570 g/mol. The van der Waals surface area contributed by atoms with Gasteiger partial charge < -0.3 is 19.6 Å². The van der Waals surface area contributed by atoms with Gasteiger partial charge in [0.1, 0.15) is 28.3 Å². The highest BCUT2D eigenvalue weighted by molar-refractivity contribution is 7.23. The monoisotopic (exact) mass is 594 g/mol. The minimum Gasteiger partial charge on any atom is -0.465 e. The molecule has 0 saturated carbocycles. The van der Waals surface area contributed by atoms with E-state index >= 15 is 8.78 Å². The summed E-state index contributed by atoms with van der Waals surface area (Å²) in [4.78, 5) is 40.4. The highest BCUT2D eigenvalue weighted by Gasteiger charge is 2.38. The maximum Gasteiger partial charge on any atom is 0.412 e. The van der Waals surface area contributed by atoms with E-state index in [1.165, 1.54) is 17.2 Å². The Morgan fingerprint density at radius 3 is 2.64 bits per heavy atom. The molecule has 0 aliphatic carbocycles. The third-order valence-corrected chi connectivity index (χ3v) is 8.40. The van der Waals surface area contributed by atoms with Crippen LogP contribution in [0.5, 0.6) is 0 Å². The molecule has 14 heteroatoms. The Morgan fingerprint density at radius 1 is 1.19 bits per heavy atom. The average molecular weight is 595 g/mol. The zero-order valence-electron chi connectivity index (χ0n) is 22.7. The minimum absolute atomic E-state index is 0.0166. The molecule has 2 N–H and O–H groups in total. The molecule has 42 heavy (non-hydrogen) atoms. The topological polar surface area (TPSA) is 141 Å². The number of nitrogens with one attached hydrogen (secondary N) is 1. The van der Waals surface area contributed by atoms with Gasteiger partial charge in [0.15, 0.2) is 0 Å². The standard InChI is InChI=1S/C28H24F2N6O5S/c1-28(2,3)41-26(38)33-24-16(9-31)21-14(4-5-18(29)23(21)42-24)20-17-10-32-36-12-13-11-34(27(39)40)6-7-35(13)25(37)15(22(17)36)8-19(20)30/h4-5,8,10,13H,6-7,11-12H2,1-3H3,(H,33,38)(H,39,40). The van der Waals surface area contributed by atoms with Gasteiger partial charge in [-0.2, -0.15) is 10.4 Å². The fourth-order valence-electron chi connectivity index (χ4n) is 5.60. The van der Waals surface area contributed by atoms with Gasteiger partial charge in [-0.3, -0.25) is 14.8 Å². The van der Waals surface area contributed by atoms with Crippen LogP contribution in [0, 0.1) is 23.0 Å². The summed E-state index contributed by atoms with van der Waals surface area (Å²) in [6, 6.07) is 5.12. The maximum absolute atomic E-state index is 16.1. The Hall–Kier alpha value is -4.77. The normalized spacial score (nSPS) is 16.8. The fraction of sp³-hybridized carbons (Fsp3) is 0.321. The molecule has 1 fully saturated rings. The van der Waals surface area contributed by atoms with Crippen molar-refractivity contribution in [2.24, 2.45) is 0 Å². The highest BCUT2D eigenvalue weighted by Crippen LogP contribution is 2.45. The molecule has 6 rings (SSSR count). The largest absolute Gasteiger partial charge is 0.465 e. The molecule has 1 unspecified atom stereocenters. The van der Waals surface area contributed by atoms with Crippen molar-refractivity contribution in [3.8, 4) is 17.2 Å². The van der Waals surface area contributed by atoms with Crippen LogP contribution in [0.2, 0.25) is 0 Å². The number of carbonyl (C=O) groups excluding carboxylic acids is 2. The Balaban J connectivity index is 1.52. The van der Waals surface area contributed by atoms with Gasteiger partial charge in [-0.15, -0.1) is 11.3 Å². The lowest BCUT2D eigenvalue weighted by atomic mass is 9.94. The molecule has 4 aromatic rings. The summed E-state index contributed by atoms with van der Waals surface area (Å²) in [5, 5.41) is 26.9. The lowest BCUT2D eigenvalue weighted by Gasteiger charge is -2.39. The number of amides is 3. The van der Waals surface area contributed by atoms with Gasteiger partial charge in [0.05, 0.1) is 40.1 Å². The first-order valence-corrected chi connectivity index (χ1v) is 13.8. The van der Waals surface area contributed by atoms with Gasteiger partial charge in [-0.25, -0.2) is 18.4 Å². The molecule has 2 aliphatic rings. The summed E-state index contributed by atoms with van der Waals surface area (Å²) >= 11 is 0.827. The van der Waals surface area contributed by atoms with Crippen LogP contribution < -0.4 is 5.32 Å². The number of fused-ring (bicyclic) bond motifs is 2. The van der Waals surface area contributed by atoms with E-state index in [0.29, 0.717) is 5.52 Å². The van der Waals surface area contributed by atoms with Gasteiger partial charge in [0.25, 0.3) is 5.91 Å². The van der Waals surface area contributed by atoms with E-state index in [-0.39, 0.29) is 68.9 Å². The Morgan fingerprint density at radius 2 is 1.95 bits per heavy atom. The molecule has 2 aromatic carbocycles. The molecule has 0 bridgehead atoms. The molecule has 1 saturated heterocycles. The smallest absolute Gasteiger partial charge is 0.412 e. The van der Waals surface area contributed by atoms with Crippen LogP contribution in [-0.4, -0.2) is 74.1 Å². The molecule has 3 amide bonds. The number of rotatable bonds is 2. The van der Waals surface area contributed by atoms with Crippen LogP contribution in [-0.2, 0) is 11.3 Å². The van der Waals surface area contributed by atoms with Gasteiger partial charge >= 0.3 is 12.2 Å². The van der Waals surface area contributed by atoms with Crippen LogP contribution in [0.1, 0.15) is 36.7 Å². The molecule has 11 nitrogen and oxygen atoms in total. The van der Waals surface area contributed by atoms with E-state index in [1.54, 1.807) is 30.4 Å². The summed E-state index contributed by atoms with van der Waals surface area (Å²) in [6.45, 7) is 5.57. The number of hydrogen-bond donors (Lipinski definition) is 2. The van der Waals surface area contributed by atoms with Gasteiger partial charge in [-0.1, -0.05) is 6.07 Å². The summed E-state index contributed by atoms with van der Waals surface area (Å²) in [5.74, 6) is -1.89. The van der Waals surface area contributed by atoms with Crippen molar-refractivity contribution >= 4 is 55.4 Å². The lowest BCUT2D eigenvalue weighted by Crippen LogP contribution is -2.57. The van der Waals surface area contributed by atoms with Gasteiger partial charge in [0, 0.05) is 36.0 Å². The molecular formula is C28H24F2N6O5S. The number of hydrogen-bond acceptors (Lipinski definition) is 7. The fourth-order valence-corrected chi connectivity index (χ4v) is 6.67. The first-order chi connectivity index (χ1) is 19.9. The number of nitriles is 1. The van der Waals surface area contributed by atoms with E-state index in [1.807, 2.05) is 6.07 Å². The summed E-state index contributed by atoms with van der Waals surface area (Å²) in [7, 11) is 0. The number of halogens is 2. The summed E-state index contributed by atoms with van der Waals surface area (Å²) in [6.07, 6.45) is -0.514. The average Bonchev–Trinajstić information content (AvgIpc) is 3.46. The third kappa shape index (κ3) is 4.37. The first-order valence-electron chi connectivity index (χ1n) is 13.0. The van der Waals surface area contributed by atoms with E-state index < -0.39 is 41.4 Å². The second-order valence-corrected chi connectivity index (χ2v) is 12.1. The quantitative estimate of drug-likeness (QED) is 0.324. The first kappa shape index (κ1) is 27.4. The van der Waals surface area contributed by atoms with Gasteiger partial charge in [-0.05, 0) is 38.5 Å². The Kier molecular flexibility index (Phi) is 6.30. The molecule has 2 aliphatic heterocycles. The van der Waals surface area contributed by atoms with Crippen LogP contribution in [0.25, 0.3) is 32.1 Å². The van der Waals surface area contributed by atoms with Crippen molar-refractivity contribution in [3.05, 3.63) is 47.2 Å². The number of anilines is 1. The molecule has 4 heterocycles. The molecule has 1 atom stereocenters. The number of carboxylic acid groups (broad SMARTS) is 1. The predicted molar refractivity (Wildman–Crippen MR) is 149 cm³/mol. The molecule has 0 radical (unpaired) electrons. The Labute approximate surface area is 241 Å². The predicted octanol–water partition coefficient (Wildman–Crippen LogP) is 5.23. The van der Waals surface area contributed by atoms with Crippen LogP contribution >= 0.6 is 11.3 Å². The van der Waals surface area contributed by atoms with Crippen molar-refractivity contribution in [1.29, 1.82) is 5.26 Å². The van der Waals surface area contributed by atoms with E-state index in [9.17, 15) is 24.8 Å². The highest BCUT2D eigenvalue weighted by atomic mass is 32.1. The Bertz CT molecular complexity index is 1870. The van der Waals surface area contributed by atoms with Crippen LogP contribution in [0.15, 0.2) is 24.4 Å². The molecule has 216 valence electrons. The maximum atomic E-state index is 16.1. The second kappa shape index (κ2) is 9.66. The van der Waals surface area contributed by atoms with E-state index in [4.69, 9.17) is 4.74 Å². The number of aromatic nitrogens is 2. The molecule has 0 spiro atoms. The third-order valence-electron chi connectivity index (χ3n) is 7.29. The number of benzene rings is 2.